The van der Waals surface area contributed by atoms with Crippen LogP contribution in [0.15, 0.2) is 60.7 Å². The van der Waals surface area contributed by atoms with E-state index < -0.39 is 79.0 Å². The first-order valence-electron chi connectivity index (χ1n) is 16.9. The molecule has 0 radical (unpaired) electrons. The molecule has 264 valence electrons. The van der Waals surface area contributed by atoms with Gasteiger partial charge in [-0.25, -0.2) is 0 Å². The minimum atomic E-state index is -4.01. The Morgan fingerprint density at radius 1 is 0.426 bits per heavy atom. The third-order valence-corrected chi connectivity index (χ3v) is 42.6. The van der Waals surface area contributed by atoms with Gasteiger partial charge in [0.1, 0.15) is 0 Å². The second-order valence-electron chi connectivity index (χ2n) is 13.9. The zero-order valence-corrected chi connectivity index (χ0v) is 39.6. The van der Waals surface area contributed by atoms with Gasteiger partial charge in [-0.1, -0.05) is 88.4 Å². The summed E-state index contributed by atoms with van der Waals surface area (Å²) >= 11 is 0. The molecule has 0 amide bonds. The van der Waals surface area contributed by atoms with Crippen molar-refractivity contribution in [3.05, 3.63) is 60.7 Å². The molecular weight excluding hydrogens is 749 g/mol. The Morgan fingerprint density at radius 2 is 0.681 bits per heavy atom. The molecule has 2 aliphatic heterocycles. The average Bonchev–Trinajstić information content (AvgIpc) is 2.96. The van der Waals surface area contributed by atoms with E-state index in [1.165, 1.54) is 0 Å². The third-order valence-electron chi connectivity index (χ3n) is 7.72. The summed E-state index contributed by atoms with van der Waals surface area (Å²) in [6.07, 6.45) is 0. The van der Waals surface area contributed by atoms with Crippen molar-refractivity contribution in [3.63, 3.8) is 0 Å². The highest BCUT2D eigenvalue weighted by atomic mass is 28.6. The van der Waals surface area contributed by atoms with E-state index in [0.717, 1.165) is 34.5 Å². The first-order valence-corrected chi connectivity index (χ1v) is 37.5. The van der Waals surface area contributed by atoms with E-state index in [9.17, 15) is 0 Å². The van der Waals surface area contributed by atoms with E-state index in [1.807, 2.05) is 113 Å². The molecule has 2 heterocycles. The second kappa shape index (κ2) is 15.3. The summed E-state index contributed by atoms with van der Waals surface area (Å²) in [6.45, 7) is 24.7. The van der Waals surface area contributed by atoms with E-state index in [-0.39, 0.29) is 0 Å². The Kier molecular flexibility index (Phi) is 13.0. The average molecular weight is 806 g/mol. The monoisotopic (exact) mass is 804 g/mol. The van der Waals surface area contributed by atoms with Gasteiger partial charge in [0.15, 0.2) is 18.1 Å². The zero-order valence-electron chi connectivity index (χ0n) is 30.3. The Labute approximate surface area is 294 Å². The summed E-state index contributed by atoms with van der Waals surface area (Å²) in [5.74, 6) is 0. The third kappa shape index (κ3) is 10.1. The van der Waals surface area contributed by atoms with Gasteiger partial charge in [-0.2, -0.15) is 0 Å². The molecular formula is C28H56O10Si9. The number of hydrogen-bond donors (Lipinski definition) is 0. The minimum absolute atomic E-state index is 0.919. The van der Waals surface area contributed by atoms with Crippen LogP contribution in [0.4, 0.5) is 0 Å². The molecule has 0 N–H and O–H groups in total. The molecule has 2 aliphatic rings. The number of hydrogen-bond acceptors (Lipinski definition) is 10. The van der Waals surface area contributed by atoms with Crippen LogP contribution in [0.5, 0.6) is 0 Å². The van der Waals surface area contributed by atoms with Crippen LogP contribution in [-0.2, 0) is 41.2 Å². The fraction of sp³-hybridized carbons (Fsp3) is 0.571. The standard InChI is InChI=1S/C28H56O10Si9/c1-13-39(14-2)29-45(27-23-19-17-20-24-27)31-41(5,6)35-47(36-42(7,8)32-45)37-43(9,10)33-46(30-40(15-3)16-4,34-44(11,12)38-47)28-25-21-18-22-26-28/h17-26,39-40H,13-16H2,1-12H3. The second-order valence-corrected chi connectivity index (χ2v) is 43.6. The van der Waals surface area contributed by atoms with Crippen LogP contribution in [0.1, 0.15) is 27.7 Å². The van der Waals surface area contributed by atoms with Crippen LogP contribution in [-0.4, -0.2) is 79.0 Å². The van der Waals surface area contributed by atoms with Gasteiger partial charge in [-0.3, -0.25) is 0 Å². The van der Waals surface area contributed by atoms with Crippen LogP contribution in [0.25, 0.3) is 0 Å². The Hall–Kier alpha value is -0.00805. The van der Waals surface area contributed by atoms with Crippen molar-refractivity contribution in [2.45, 2.75) is 104 Å². The van der Waals surface area contributed by atoms with Gasteiger partial charge in [0.25, 0.3) is 0 Å². The fourth-order valence-corrected chi connectivity index (χ4v) is 46.3. The number of rotatable bonds is 10. The molecule has 0 atom stereocenters. The molecule has 4 rings (SSSR count). The van der Waals surface area contributed by atoms with Gasteiger partial charge in [0.05, 0.1) is 0 Å². The zero-order chi connectivity index (χ0) is 34.8. The summed E-state index contributed by atoms with van der Waals surface area (Å²) in [7, 11) is -26.9. The Bertz CT molecular complexity index is 1160. The van der Waals surface area contributed by atoms with Crippen molar-refractivity contribution >= 4 is 89.4 Å². The van der Waals surface area contributed by atoms with Crippen LogP contribution in [0.3, 0.4) is 0 Å². The van der Waals surface area contributed by atoms with Gasteiger partial charge in [0, 0.05) is 10.4 Å². The van der Waals surface area contributed by atoms with E-state index >= 15 is 0 Å². The molecule has 2 saturated heterocycles. The van der Waals surface area contributed by atoms with E-state index in [0.29, 0.717) is 0 Å². The molecule has 2 fully saturated rings. The minimum Gasteiger partial charge on any atom is -0.416 e. The first-order chi connectivity index (χ1) is 21.9. The van der Waals surface area contributed by atoms with Crippen LogP contribution in [0, 0.1) is 0 Å². The fourth-order valence-electron chi connectivity index (χ4n) is 5.85. The molecule has 1 spiro atoms. The first kappa shape index (κ1) is 39.8. The lowest BCUT2D eigenvalue weighted by atomic mass is 10.4. The van der Waals surface area contributed by atoms with Gasteiger partial charge < -0.3 is 41.2 Å². The van der Waals surface area contributed by atoms with Gasteiger partial charge in [-0.15, -0.1) is 0 Å². The van der Waals surface area contributed by atoms with Crippen LogP contribution >= 0.6 is 0 Å². The van der Waals surface area contributed by atoms with E-state index in [1.54, 1.807) is 0 Å². The van der Waals surface area contributed by atoms with Crippen molar-refractivity contribution < 1.29 is 41.2 Å². The SMILES string of the molecule is CC[SiH](CC)O[Si]1(c2ccccc2)O[Si](C)(C)O[Si]2(O[Si](C)(C)O1)O[Si](C)(C)O[Si](O[SiH](CC)CC)(c1ccccc1)O[Si](C)(C)O2. The maximum Gasteiger partial charge on any atom is 0.643 e. The topological polar surface area (TPSA) is 92.3 Å². The summed E-state index contributed by atoms with van der Waals surface area (Å²) in [6, 6.07) is 24.0. The predicted molar refractivity (Wildman–Crippen MR) is 206 cm³/mol. The highest BCUT2D eigenvalue weighted by Gasteiger charge is 2.69. The molecule has 0 aromatic heterocycles. The molecule has 0 bridgehead atoms. The van der Waals surface area contributed by atoms with Crippen molar-refractivity contribution in [3.8, 4) is 0 Å². The highest BCUT2D eigenvalue weighted by molar-refractivity contribution is 7.00. The molecule has 47 heavy (non-hydrogen) atoms. The van der Waals surface area contributed by atoms with E-state index in [2.05, 4.69) is 27.7 Å². The lowest BCUT2D eigenvalue weighted by molar-refractivity contribution is 0.0656. The molecule has 0 saturated carbocycles. The summed E-state index contributed by atoms with van der Waals surface area (Å²) in [5, 5.41) is 1.84. The summed E-state index contributed by atoms with van der Waals surface area (Å²) < 4.78 is 71.1. The predicted octanol–water partition coefficient (Wildman–Crippen LogP) is 5.64. The normalized spacial score (nSPS) is 30.4. The smallest absolute Gasteiger partial charge is 0.416 e. The molecule has 0 aliphatic carbocycles. The van der Waals surface area contributed by atoms with Gasteiger partial charge >= 0.3 is 60.9 Å². The van der Waals surface area contributed by atoms with Gasteiger partial charge in [0.2, 0.25) is 0 Å². The van der Waals surface area contributed by atoms with Crippen molar-refractivity contribution in [1.82, 2.24) is 0 Å². The summed E-state index contributed by atoms with van der Waals surface area (Å²) in [4.78, 5) is 0. The molecule has 19 heteroatoms. The maximum absolute atomic E-state index is 7.16. The van der Waals surface area contributed by atoms with E-state index in [4.69, 9.17) is 41.2 Å². The molecule has 10 nitrogen and oxygen atoms in total. The van der Waals surface area contributed by atoms with Gasteiger partial charge in [-0.05, 0) is 76.6 Å². The quantitative estimate of drug-likeness (QED) is 0.281. The van der Waals surface area contributed by atoms with Crippen LogP contribution < -0.4 is 10.4 Å². The highest BCUT2D eigenvalue weighted by Crippen LogP contribution is 2.39. The maximum atomic E-state index is 7.16. The lowest BCUT2D eigenvalue weighted by Gasteiger charge is -2.53. The Morgan fingerprint density at radius 3 is 0.915 bits per heavy atom. The molecule has 2 aromatic rings. The van der Waals surface area contributed by atoms with Crippen LogP contribution in [0.2, 0.25) is 76.6 Å². The molecule has 2 aromatic carbocycles. The largest absolute Gasteiger partial charge is 0.643 e. The summed E-state index contributed by atoms with van der Waals surface area (Å²) in [5.41, 5.74) is 0. The Balaban J connectivity index is 1.80. The van der Waals surface area contributed by atoms with Crippen molar-refractivity contribution in [2.75, 3.05) is 0 Å². The number of benzene rings is 2. The molecule has 0 unspecified atom stereocenters. The van der Waals surface area contributed by atoms with Crippen molar-refractivity contribution in [1.29, 1.82) is 0 Å². The lowest BCUT2D eigenvalue weighted by Crippen LogP contribution is -2.79. The van der Waals surface area contributed by atoms with Crippen molar-refractivity contribution in [2.24, 2.45) is 0 Å².